The lowest BCUT2D eigenvalue weighted by Crippen LogP contribution is -1.80. The second-order valence-corrected chi connectivity index (χ2v) is 4.01. The van der Waals surface area contributed by atoms with Crippen LogP contribution in [-0.2, 0) is 0 Å². The molecule has 1 unspecified atom stereocenters. The molecule has 0 aromatic heterocycles. The molecule has 0 saturated heterocycles. The van der Waals surface area contributed by atoms with Gasteiger partial charge < -0.3 is 0 Å². The van der Waals surface area contributed by atoms with Crippen LogP contribution in [0.4, 0.5) is 0 Å². The highest BCUT2D eigenvalue weighted by Crippen LogP contribution is 2.24. The van der Waals surface area contributed by atoms with Crippen molar-refractivity contribution in [1.82, 2.24) is 0 Å². The largest absolute Gasteiger partial charge is 0.153 e. The molecule has 0 aliphatic heterocycles. The van der Waals surface area contributed by atoms with E-state index in [0.717, 1.165) is 0 Å². The molecule has 2 rings (SSSR count). The van der Waals surface area contributed by atoms with Crippen molar-refractivity contribution in [2.24, 2.45) is 0 Å². The smallest absolute Gasteiger partial charge is 0.0208 e. The molecule has 0 saturated carbocycles. The lowest BCUT2D eigenvalue weighted by molar-refractivity contribution is 1.58. The zero-order chi connectivity index (χ0) is 9.10. The van der Waals surface area contributed by atoms with Crippen molar-refractivity contribution in [3.05, 3.63) is 58.2 Å². The maximum atomic E-state index is 2.36. The first kappa shape index (κ1) is 11.7. The topological polar surface area (TPSA) is 0 Å². The van der Waals surface area contributed by atoms with E-state index in [-0.39, 0.29) is 9.90 Å². The van der Waals surface area contributed by atoms with Crippen LogP contribution >= 0.6 is 32.5 Å². The minimum Gasteiger partial charge on any atom is -0.153 e. The van der Waals surface area contributed by atoms with Gasteiger partial charge in [-0.05, 0) is 39.8 Å². The van der Waals surface area contributed by atoms with Gasteiger partial charge in [-0.15, -0.1) is 0 Å². The fraction of sp³-hybridized carbons (Fsp3) is 0. The Morgan fingerprint density at radius 1 is 0.714 bits per heavy atom. The molecule has 0 N–H and O–H groups in total. The van der Waals surface area contributed by atoms with Crippen molar-refractivity contribution in [3.8, 4) is 11.1 Å². The van der Waals surface area contributed by atoms with Crippen LogP contribution in [0.1, 0.15) is 0 Å². The van der Waals surface area contributed by atoms with E-state index in [4.69, 9.17) is 0 Å². The van der Waals surface area contributed by atoms with Crippen LogP contribution in [-0.4, -0.2) is 0 Å². The summed E-state index contributed by atoms with van der Waals surface area (Å²) in [7, 11) is 0. The Balaban J connectivity index is 0.000000980. The van der Waals surface area contributed by atoms with Crippen molar-refractivity contribution in [1.29, 1.82) is 0 Å². The predicted molar refractivity (Wildman–Crippen MR) is 75.7 cm³/mol. The summed E-state index contributed by atoms with van der Waals surface area (Å²) in [4.78, 5) is 0. The molecule has 0 aliphatic rings. The van der Waals surface area contributed by atoms with Crippen molar-refractivity contribution in [2.75, 3.05) is 0 Å². The van der Waals surface area contributed by atoms with Gasteiger partial charge >= 0.3 is 0 Å². The minimum absolute atomic E-state index is 0. The van der Waals surface area contributed by atoms with Gasteiger partial charge in [0.1, 0.15) is 0 Å². The van der Waals surface area contributed by atoms with Crippen LogP contribution in [0.15, 0.2) is 54.6 Å². The molecule has 0 bridgehead atoms. The van der Waals surface area contributed by atoms with E-state index in [1.165, 1.54) is 14.7 Å². The summed E-state index contributed by atoms with van der Waals surface area (Å²) in [6, 6.07) is 18.9. The Morgan fingerprint density at radius 3 is 1.93 bits per heavy atom. The van der Waals surface area contributed by atoms with Gasteiger partial charge in [-0.25, -0.2) is 0 Å². The number of hydrogen-bond acceptors (Lipinski definition) is 0. The van der Waals surface area contributed by atoms with E-state index in [0.29, 0.717) is 0 Å². The van der Waals surface area contributed by atoms with Crippen molar-refractivity contribution in [3.63, 3.8) is 0 Å². The molecule has 2 aromatic rings. The highest BCUT2D eigenvalue weighted by Gasteiger charge is 1.99. The first-order valence-corrected chi connectivity index (χ1v) is 5.26. The van der Waals surface area contributed by atoms with Crippen LogP contribution in [0.25, 0.3) is 11.1 Å². The molecule has 72 valence electrons. The van der Waals surface area contributed by atoms with Crippen molar-refractivity contribution in [2.45, 2.75) is 0 Å². The second kappa shape index (κ2) is 5.47. The van der Waals surface area contributed by atoms with Gasteiger partial charge in [0, 0.05) is 3.57 Å². The highest BCUT2D eigenvalue weighted by atomic mass is 127. The van der Waals surface area contributed by atoms with Gasteiger partial charge in [-0.3, -0.25) is 0 Å². The number of halogens is 1. The Morgan fingerprint density at radius 2 is 1.29 bits per heavy atom. The molecule has 0 amide bonds. The van der Waals surface area contributed by atoms with Crippen LogP contribution in [0.3, 0.4) is 0 Å². The molecule has 0 spiro atoms. The summed E-state index contributed by atoms with van der Waals surface area (Å²) >= 11 is 2.36. The minimum atomic E-state index is 0. The number of rotatable bonds is 1. The lowest BCUT2D eigenvalue weighted by atomic mass is 10.1. The fourth-order valence-corrected chi connectivity index (χ4v) is 2.01. The number of hydrogen-bond donors (Lipinski definition) is 0. The summed E-state index contributed by atoms with van der Waals surface area (Å²) in [5.41, 5.74) is 2.59. The molecule has 0 heterocycles. The van der Waals surface area contributed by atoms with E-state index in [1.807, 2.05) is 6.07 Å². The average molecular weight is 314 g/mol. The van der Waals surface area contributed by atoms with Crippen molar-refractivity contribution < 1.29 is 0 Å². The van der Waals surface area contributed by atoms with Gasteiger partial charge in [0.2, 0.25) is 0 Å². The third-order valence-electron chi connectivity index (χ3n) is 1.96. The third kappa shape index (κ3) is 2.55. The lowest BCUT2D eigenvalue weighted by Gasteiger charge is -2.02. The molecule has 14 heavy (non-hydrogen) atoms. The molecule has 1 atom stereocenters. The van der Waals surface area contributed by atoms with Crippen molar-refractivity contribution >= 4 is 32.5 Å². The molecular formula is C12H12IP. The molecule has 2 heteroatoms. The molecule has 2 aromatic carbocycles. The Hall–Kier alpha value is -0.400. The Labute approximate surface area is 102 Å². The monoisotopic (exact) mass is 314 g/mol. The summed E-state index contributed by atoms with van der Waals surface area (Å²) < 4.78 is 1.30. The fourth-order valence-electron chi connectivity index (χ4n) is 1.31. The summed E-state index contributed by atoms with van der Waals surface area (Å²) in [6.07, 6.45) is 0. The normalized spacial score (nSPS) is 9.21. The maximum absolute atomic E-state index is 2.36. The molecular weight excluding hydrogens is 302 g/mol. The average Bonchev–Trinajstić information content (AvgIpc) is 2.20. The van der Waals surface area contributed by atoms with Gasteiger partial charge in [0.15, 0.2) is 0 Å². The molecule has 0 nitrogen and oxygen atoms in total. The molecule has 0 aliphatic carbocycles. The van der Waals surface area contributed by atoms with Crippen LogP contribution < -0.4 is 0 Å². The quantitative estimate of drug-likeness (QED) is 0.551. The standard InChI is InChI=1S/C12H9I.H3P/c13-12-9-5-4-8-11(12)10-6-2-1-3-7-10;/h1-9H;1H3. The van der Waals surface area contributed by atoms with E-state index in [2.05, 4.69) is 71.1 Å². The summed E-state index contributed by atoms with van der Waals surface area (Å²) in [6.45, 7) is 0. The Bertz CT molecular complexity index is 398. The maximum Gasteiger partial charge on any atom is 0.0208 e. The van der Waals surface area contributed by atoms with Crippen LogP contribution in [0, 0.1) is 3.57 Å². The van der Waals surface area contributed by atoms with E-state index in [9.17, 15) is 0 Å². The van der Waals surface area contributed by atoms with Gasteiger partial charge in [-0.2, -0.15) is 9.90 Å². The SMILES string of the molecule is Ic1ccccc1-c1ccccc1.P. The zero-order valence-electron chi connectivity index (χ0n) is 7.78. The van der Waals surface area contributed by atoms with E-state index >= 15 is 0 Å². The van der Waals surface area contributed by atoms with E-state index < -0.39 is 0 Å². The van der Waals surface area contributed by atoms with Crippen LogP contribution in [0.2, 0.25) is 0 Å². The first-order chi connectivity index (χ1) is 6.38. The predicted octanol–water partition coefficient (Wildman–Crippen LogP) is 4.02. The molecule has 0 radical (unpaired) electrons. The zero-order valence-corrected chi connectivity index (χ0v) is 11.4. The second-order valence-electron chi connectivity index (χ2n) is 2.85. The van der Waals surface area contributed by atoms with Gasteiger partial charge in [0.05, 0.1) is 0 Å². The first-order valence-electron chi connectivity index (χ1n) is 4.18. The summed E-state index contributed by atoms with van der Waals surface area (Å²) in [5.74, 6) is 0. The van der Waals surface area contributed by atoms with E-state index in [1.54, 1.807) is 0 Å². The van der Waals surface area contributed by atoms with Crippen LogP contribution in [0.5, 0.6) is 0 Å². The number of benzene rings is 2. The van der Waals surface area contributed by atoms with Gasteiger partial charge in [-0.1, -0.05) is 48.5 Å². The molecule has 0 fully saturated rings. The Kier molecular flexibility index (Phi) is 4.56. The summed E-state index contributed by atoms with van der Waals surface area (Å²) in [5, 5.41) is 0. The highest BCUT2D eigenvalue weighted by molar-refractivity contribution is 14.1. The third-order valence-corrected chi connectivity index (χ3v) is 2.90. The van der Waals surface area contributed by atoms with Gasteiger partial charge in [0.25, 0.3) is 0 Å².